The molecule has 142 valence electrons. The molecule has 0 spiro atoms. The Morgan fingerprint density at radius 2 is 1.64 bits per heavy atom. The summed E-state index contributed by atoms with van der Waals surface area (Å²) >= 11 is 0. The summed E-state index contributed by atoms with van der Waals surface area (Å²) in [5, 5.41) is 7.80. The quantitative estimate of drug-likeness (QED) is 0.551. The van der Waals surface area contributed by atoms with E-state index in [-0.39, 0.29) is 11.3 Å². The molecule has 2 aromatic heterocycles. The lowest BCUT2D eigenvalue weighted by molar-refractivity contribution is -0.144. The van der Waals surface area contributed by atoms with Gasteiger partial charge in [-0.2, -0.15) is 18.3 Å². The molecule has 0 aliphatic rings. The maximum atomic E-state index is 13.2. The van der Waals surface area contributed by atoms with Crippen molar-refractivity contribution in [3.8, 4) is 0 Å². The van der Waals surface area contributed by atoms with Crippen molar-refractivity contribution < 1.29 is 13.2 Å². The van der Waals surface area contributed by atoms with Gasteiger partial charge in [-0.1, -0.05) is 36.4 Å². The van der Waals surface area contributed by atoms with Crippen LogP contribution in [0.5, 0.6) is 0 Å². The highest BCUT2D eigenvalue weighted by Crippen LogP contribution is 2.30. The van der Waals surface area contributed by atoms with E-state index in [1.54, 1.807) is 35.1 Å². The highest BCUT2D eigenvalue weighted by molar-refractivity contribution is 5.89. The minimum atomic E-state index is -4.61. The van der Waals surface area contributed by atoms with Crippen molar-refractivity contribution in [2.75, 3.05) is 5.32 Å². The van der Waals surface area contributed by atoms with Gasteiger partial charge in [0, 0.05) is 24.3 Å². The highest BCUT2D eigenvalue weighted by Gasteiger charge is 2.35. The SMILES string of the molecule is FC(F)(F)c1nc(NCc2ccccc2Cn2cccn2)c2ccccc2n1. The van der Waals surface area contributed by atoms with E-state index in [4.69, 9.17) is 0 Å². The van der Waals surface area contributed by atoms with Crippen LogP contribution in [-0.4, -0.2) is 19.7 Å². The molecule has 28 heavy (non-hydrogen) atoms. The Kier molecular flexibility index (Phi) is 4.68. The predicted octanol–water partition coefficient (Wildman–Crippen LogP) is 4.51. The first-order chi connectivity index (χ1) is 13.5. The minimum Gasteiger partial charge on any atom is -0.365 e. The van der Waals surface area contributed by atoms with Gasteiger partial charge >= 0.3 is 6.18 Å². The molecule has 8 heteroatoms. The molecule has 0 fully saturated rings. The van der Waals surface area contributed by atoms with E-state index >= 15 is 0 Å². The van der Waals surface area contributed by atoms with Gasteiger partial charge in [0.2, 0.25) is 5.82 Å². The van der Waals surface area contributed by atoms with Gasteiger partial charge in [0.15, 0.2) is 0 Å². The zero-order valence-corrected chi connectivity index (χ0v) is 14.7. The number of rotatable bonds is 5. The monoisotopic (exact) mass is 383 g/mol. The molecule has 2 heterocycles. The number of nitrogens with one attached hydrogen (secondary N) is 1. The molecule has 0 unspecified atom stereocenters. The van der Waals surface area contributed by atoms with Crippen LogP contribution < -0.4 is 5.32 Å². The largest absolute Gasteiger partial charge is 0.451 e. The van der Waals surface area contributed by atoms with Crippen LogP contribution in [0.4, 0.5) is 19.0 Å². The molecule has 1 N–H and O–H groups in total. The Hall–Kier alpha value is -3.42. The number of para-hydroxylation sites is 1. The van der Waals surface area contributed by atoms with Gasteiger partial charge in [-0.15, -0.1) is 0 Å². The second kappa shape index (κ2) is 7.30. The zero-order chi connectivity index (χ0) is 19.6. The topological polar surface area (TPSA) is 55.6 Å². The minimum absolute atomic E-state index is 0.159. The second-order valence-corrected chi connectivity index (χ2v) is 6.24. The molecule has 0 saturated heterocycles. The summed E-state index contributed by atoms with van der Waals surface area (Å²) in [6.45, 7) is 0.902. The average Bonchev–Trinajstić information content (AvgIpc) is 3.19. The predicted molar refractivity (Wildman–Crippen MR) is 99.6 cm³/mol. The molecule has 0 aliphatic carbocycles. The highest BCUT2D eigenvalue weighted by atomic mass is 19.4. The number of benzene rings is 2. The van der Waals surface area contributed by atoms with Crippen LogP contribution in [0.25, 0.3) is 10.9 Å². The molecule has 4 rings (SSSR count). The van der Waals surface area contributed by atoms with Crippen molar-refractivity contribution in [2.45, 2.75) is 19.3 Å². The van der Waals surface area contributed by atoms with E-state index in [2.05, 4.69) is 20.4 Å². The Bertz CT molecular complexity index is 1090. The molecule has 0 saturated carbocycles. The summed E-state index contributed by atoms with van der Waals surface area (Å²) in [6, 6.07) is 16.2. The molecule has 0 radical (unpaired) electrons. The van der Waals surface area contributed by atoms with Crippen LogP contribution in [-0.2, 0) is 19.3 Å². The molecular formula is C20H16F3N5. The normalized spacial score (nSPS) is 11.7. The van der Waals surface area contributed by atoms with E-state index in [0.717, 1.165) is 11.1 Å². The van der Waals surface area contributed by atoms with Crippen LogP contribution in [0.2, 0.25) is 0 Å². The number of aromatic nitrogens is 4. The van der Waals surface area contributed by atoms with Crippen molar-refractivity contribution in [1.82, 2.24) is 19.7 Å². The molecule has 0 aliphatic heterocycles. The van der Waals surface area contributed by atoms with E-state index in [1.807, 2.05) is 36.5 Å². The van der Waals surface area contributed by atoms with Gasteiger partial charge in [0.1, 0.15) is 5.82 Å². The number of hydrogen-bond acceptors (Lipinski definition) is 4. The van der Waals surface area contributed by atoms with Crippen molar-refractivity contribution in [3.63, 3.8) is 0 Å². The van der Waals surface area contributed by atoms with E-state index in [0.29, 0.717) is 18.5 Å². The maximum absolute atomic E-state index is 13.2. The van der Waals surface area contributed by atoms with Crippen LogP contribution >= 0.6 is 0 Å². The number of anilines is 1. The summed E-state index contributed by atoms with van der Waals surface area (Å²) in [5.74, 6) is -0.995. The number of nitrogens with zero attached hydrogens (tertiary/aromatic N) is 4. The molecule has 2 aromatic carbocycles. The van der Waals surface area contributed by atoms with E-state index in [9.17, 15) is 13.2 Å². The Balaban J connectivity index is 1.65. The molecule has 0 bridgehead atoms. The standard InChI is InChI=1S/C20H16F3N5/c21-20(22,23)19-26-17-9-4-3-8-16(17)18(27-19)24-12-14-6-1-2-7-15(14)13-28-11-5-10-25-28/h1-11H,12-13H2,(H,24,26,27). The number of hydrogen-bond donors (Lipinski definition) is 1. The first-order valence-corrected chi connectivity index (χ1v) is 8.63. The Labute approximate surface area is 158 Å². The average molecular weight is 383 g/mol. The number of fused-ring (bicyclic) bond motifs is 1. The lowest BCUT2D eigenvalue weighted by Gasteiger charge is -2.14. The lowest BCUT2D eigenvalue weighted by Crippen LogP contribution is -2.14. The van der Waals surface area contributed by atoms with E-state index in [1.165, 1.54) is 0 Å². The first kappa shape index (κ1) is 18.0. The fraction of sp³-hybridized carbons (Fsp3) is 0.150. The van der Waals surface area contributed by atoms with Gasteiger partial charge in [-0.3, -0.25) is 4.68 Å². The summed E-state index contributed by atoms with van der Waals surface area (Å²) < 4.78 is 41.3. The van der Waals surface area contributed by atoms with E-state index < -0.39 is 12.0 Å². The zero-order valence-electron chi connectivity index (χ0n) is 14.7. The fourth-order valence-corrected chi connectivity index (χ4v) is 2.97. The van der Waals surface area contributed by atoms with Gasteiger partial charge in [0.25, 0.3) is 0 Å². The van der Waals surface area contributed by atoms with Crippen LogP contribution in [0.1, 0.15) is 17.0 Å². The molecular weight excluding hydrogens is 367 g/mol. The number of halogens is 3. The molecule has 0 amide bonds. The second-order valence-electron chi connectivity index (χ2n) is 6.24. The van der Waals surface area contributed by atoms with Crippen molar-refractivity contribution in [2.24, 2.45) is 0 Å². The van der Waals surface area contributed by atoms with Gasteiger partial charge in [-0.25, -0.2) is 9.97 Å². The third-order valence-corrected chi connectivity index (χ3v) is 4.31. The third kappa shape index (κ3) is 3.80. The Morgan fingerprint density at radius 3 is 2.39 bits per heavy atom. The number of alkyl halides is 3. The van der Waals surface area contributed by atoms with Gasteiger partial charge < -0.3 is 5.32 Å². The summed E-state index contributed by atoms with van der Waals surface area (Å²) in [5.41, 5.74) is 2.22. The smallest absolute Gasteiger partial charge is 0.365 e. The molecule has 4 aromatic rings. The summed E-state index contributed by atoms with van der Waals surface area (Å²) in [6.07, 6.45) is -1.05. The Morgan fingerprint density at radius 1 is 0.893 bits per heavy atom. The molecule has 0 atom stereocenters. The summed E-state index contributed by atoms with van der Waals surface area (Å²) in [4.78, 5) is 7.37. The fourth-order valence-electron chi connectivity index (χ4n) is 2.97. The lowest BCUT2D eigenvalue weighted by atomic mass is 10.1. The maximum Gasteiger partial charge on any atom is 0.451 e. The van der Waals surface area contributed by atoms with Crippen LogP contribution in [0.3, 0.4) is 0 Å². The van der Waals surface area contributed by atoms with Crippen molar-refractivity contribution in [1.29, 1.82) is 0 Å². The third-order valence-electron chi connectivity index (χ3n) is 4.31. The summed E-state index contributed by atoms with van der Waals surface area (Å²) in [7, 11) is 0. The van der Waals surface area contributed by atoms with Crippen molar-refractivity contribution >= 4 is 16.7 Å². The van der Waals surface area contributed by atoms with Gasteiger partial charge in [0.05, 0.1) is 12.1 Å². The first-order valence-electron chi connectivity index (χ1n) is 8.63. The van der Waals surface area contributed by atoms with Crippen molar-refractivity contribution in [3.05, 3.63) is 83.9 Å². The van der Waals surface area contributed by atoms with Crippen LogP contribution in [0, 0.1) is 0 Å². The molecule has 5 nitrogen and oxygen atoms in total. The van der Waals surface area contributed by atoms with Crippen LogP contribution in [0.15, 0.2) is 67.0 Å². The van der Waals surface area contributed by atoms with Gasteiger partial charge in [-0.05, 0) is 29.3 Å².